The fourth-order valence-corrected chi connectivity index (χ4v) is 3.18. The number of non-ortho nitro benzene ring substituents is 1. The van der Waals surface area contributed by atoms with Gasteiger partial charge in [-0.05, 0) is 42.9 Å². The Balaban J connectivity index is 1.90. The van der Waals surface area contributed by atoms with Gasteiger partial charge in [0.1, 0.15) is 0 Å². The predicted molar refractivity (Wildman–Crippen MR) is 82.3 cm³/mol. The summed E-state index contributed by atoms with van der Waals surface area (Å²) >= 11 is 6.08. The second-order valence-corrected chi connectivity index (χ2v) is 6.06. The van der Waals surface area contributed by atoms with Gasteiger partial charge in [0.15, 0.2) is 0 Å². The quantitative estimate of drug-likeness (QED) is 0.625. The number of nitro groups is 1. The van der Waals surface area contributed by atoms with E-state index in [0.29, 0.717) is 23.4 Å². The third-order valence-electron chi connectivity index (χ3n) is 4.26. The Labute approximate surface area is 129 Å². The maximum atomic E-state index is 10.8. The van der Waals surface area contributed by atoms with E-state index in [-0.39, 0.29) is 12.3 Å². The fourth-order valence-electron chi connectivity index (χ4n) is 3.00. The molecule has 0 heterocycles. The molecule has 0 amide bonds. The number of hydrogen-bond donors (Lipinski definition) is 2. The Morgan fingerprint density at radius 3 is 2.71 bits per heavy atom. The highest BCUT2D eigenvalue weighted by atomic mass is 35.5. The van der Waals surface area contributed by atoms with Crippen LogP contribution in [-0.4, -0.2) is 23.2 Å². The average molecular weight is 313 g/mol. The maximum absolute atomic E-state index is 10.8. The zero-order chi connectivity index (χ0) is 15.2. The van der Waals surface area contributed by atoms with Gasteiger partial charge in [0, 0.05) is 30.3 Å². The lowest BCUT2D eigenvalue weighted by Crippen LogP contribution is -2.32. The van der Waals surface area contributed by atoms with Crippen molar-refractivity contribution in [3.63, 3.8) is 0 Å². The molecule has 2 N–H and O–H groups in total. The summed E-state index contributed by atoms with van der Waals surface area (Å²) < 4.78 is 0. The third-order valence-corrected chi connectivity index (χ3v) is 4.63. The van der Waals surface area contributed by atoms with Crippen LogP contribution >= 0.6 is 11.6 Å². The fraction of sp³-hybridized carbons (Fsp3) is 0.600. The van der Waals surface area contributed by atoms with Crippen LogP contribution in [0.4, 0.5) is 5.69 Å². The van der Waals surface area contributed by atoms with Gasteiger partial charge in [-0.2, -0.15) is 0 Å². The van der Waals surface area contributed by atoms with E-state index in [1.807, 2.05) is 0 Å². The lowest BCUT2D eigenvalue weighted by molar-refractivity contribution is -0.384. The van der Waals surface area contributed by atoms with E-state index in [4.69, 9.17) is 11.6 Å². The predicted octanol–water partition coefficient (Wildman–Crippen LogP) is 3.14. The molecule has 1 aromatic carbocycles. The molecule has 2 atom stereocenters. The van der Waals surface area contributed by atoms with Gasteiger partial charge in [0.05, 0.1) is 4.92 Å². The summed E-state index contributed by atoms with van der Waals surface area (Å²) in [5.74, 6) is 0.841. The molecule has 0 aromatic heterocycles. The molecule has 2 unspecified atom stereocenters. The summed E-state index contributed by atoms with van der Waals surface area (Å²) in [5.41, 5.74) is 0.796. The molecule has 0 saturated heterocycles. The number of nitro benzene ring substituents is 1. The van der Waals surface area contributed by atoms with Gasteiger partial charge in [-0.25, -0.2) is 0 Å². The Morgan fingerprint density at radius 2 is 2.05 bits per heavy atom. The van der Waals surface area contributed by atoms with E-state index in [2.05, 4.69) is 5.32 Å². The molecule has 0 radical (unpaired) electrons. The first-order chi connectivity index (χ1) is 10.1. The number of rotatable bonds is 6. The Kier molecular flexibility index (Phi) is 5.96. The van der Waals surface area contributed by atoms with E-state index in [1.54, 1.807) is 6.07 Å². The van der Waals surface area contributed by atoms with Crippen LogP contribution in [0.3, 0.4) is 0 Å². The Hall–Kier alpha value is -1.17. The van der Waals surface area contributed by atoms with E-state index in [1.165, 1.54) is 25.0 Å². The third kappa shape index (κ3) is 4.40. The summed E-state index contributed by atoms with van der Waals surface area (Å²) in [7, 11) is 0. The standard InChI is InChI=1S/C15H21ClN2O3/c16-15-6-5-14(18(20)21)7-13(15)9-17-8-11-3-1-2-4-12(11)10-19/h5-7,11-12,17,19H,1-4,8-10H2. The molecular weight excluding hydrogens is 292 g/mol. The molecule has 0 bridgehead atoms. The monoisotopic (exact) mass is 312 g/mol. The molecule has 1 aliphatic rings. The topological polar surface area (TPSA) is 75.4 Å². The zero-order valence-electron chi connectivity index (χ0n) is 11.9. The van der Waals surface area contributed by atoms with Gasteiger partial charge in [-0.15, -0.1) is 0 Å². The minimum atomic E-state index is -0.414. The minimum Gasteiger partial charge on any atom is -0.396 e. The van der Waals surface area contributed by atoms with Gasteiger partial charge in [-0.3, -0.25) is 10.1 Å². The van der Waals surface area contributed by atoms with Crippen LogP contribution in [-0.2, 0) is 6.54 Å². The van der Waals surface area contributed by atoms with Crippen molar-refractivity contribution in [1.82, 2.24) is 5.32 Å². The van der Waals surface area contributed by atoms with Crippen LogP contribution in [0, 0.1) is 22.0 Å². The SMILES string of the molecule is O=[N+]([O-])c1ccc(Cl)c(CNCC2CCCCC2CO)c1. The molecule has 1 saturated carbocycles. The first-order valence-corrected chi connectivity index (χ1v) is 7.74. The highest BCUT2D eigenvalue weighted by molar-refractivity contribution is 6.31. The number of nitrogens with zero attached hydrogens (tertiary/aromatic N) is 1. The number of benzene rings is 1. The largest absolute Gasteiger partial charge is 0.396 e. The first kappa shape index (κ1) is 16.2. The van der Waals surface area contributed by atoms with E-state index < -0.39 is 4.92 Å². The average Bonchev–Trinajstić information content (AvgIpc) is 2.49. The van der Waals surface area contributed by atoms with Gasteiger partial charge in [0.2, 0.25) is 0 Å². The summed E-state index contributed by atoms with van der Waals surface area (Å²) in [4.78, 5) is 10.4. The number of nitrogens with one attached hydrogen (secondary N) is 1. The molecule has 1 aromatic rings. The smallest absolute Gasteiger partial charge is 0.269 e. The zero-order valence-corrected chi connectivity index (χ0v) is 12.7. The van der Waals surface area contributed by atoms with E-state index >= 15 is 0 Å². The summed E-state index contributed by atoms with van der Waals surface area (Å²) in [5, 5.41) is 24.0. The van der Waals surface area contributed by atoms with Crippen molar-refractivity contribution < 1.29 is 10.0 Å². The van der Waals surface area contributed by atoms with Crippen molar-refractivity contribution >= 4 is 17.3 Å². The van der Waals surface area contributed by atoms with Crippen molar-refractivity contribution in [3.05, 3.63) is 38.9 Å². The Morgan fingerprint density at radius 1 is 1.33 bits per heavy atom. The van der Waals surface area contributed by atoms with Crippen molar-refractivity contribution in [2.75, 3.05) is 13.2 Å². The second kappa shape index (κ2) is 7.73. The summed E-state index contributed by atoms with van der Waals surface area (Å²) in [6.07, 6.45) is 4.61. The van der Waals surface area contributed by atoms with Crippen molar-refractivity contribution in [2.24, 2.45) is 11.8 Å². The molecule has 0 aliphatic heterocycles. The van der Waals surface area contributed by atoms with Crippen LogP contribution in [0.1, 0.15) is 31.2 Å². The maximum Gasteiger partial charge on any atom is 0.269 e. The lowest BCUT2D eigenvalue weighted by Gasteiger charge is -2.30. The van der Waals surface area contributed by atoms with Crippen LogP contribution in [0.2, 0.25) is 5.02 Å². The van der Waals surface area contributed by atoms with Crippen LogP contribution in [0.15, 0.2) is 18.2 Å². The number of hydrogen-bond acceptors (Lipinski definition) is 4. The number of aliphatic hydroxyl groups excluding tert-OH is 1. The highest BCUT2D eigenvalue weighted by Crippen LogP contribution is 2.29. The summed E-state index contributed by atoms with van der Waals surface area (Å²) in [6, 6.07) is 4.49. The van der Waals surface area contributed by atoms with Gasteiger partial charge >= 0.3 is 0 Å². The van der Waals surface area contributed by atoms with E-state index in [9.17, 15) is 15.2 Å². The molecule has 5 nitrogen and oxygen atoms in total. The van der Waals surface area contributed by atoms with E-state index in [0.717, 1.165) is 24.9 Å². The van der Waals surface area contributed by atoms with Crippen LogP contribution in [0.5, 0.6) is 0 Å². The van der Waals surface area contributed by atoms with Crippen molar-refractivity contribution in [3.8, 4) is 0 Å². The highest BCUT2D eigenvalue weighted by Gasteiger charge is 2.24. The molecule has 21 heavy (non-hydrogen) atoms. The molecular formula is C15H21ClN2O3. The van der Waals surface area contributed by atoms with Gasteiger partial charge < -0.3 is 10.4 Å². The molecule has 1 fully saturated rings. The minimum absolute atomic E-state index is 0.0575. The number of halogens is 1. The lowest BCUT2D eigenvalue weighted by atomic mass is 9.79. The van der Waals surface area contributed by atoms with Crippen LogP contribution < -0.4 is 5.32 Å². The summed E-state index contributed by atoms with van der Waals surface area (Å²) in [6.45, 7) is 1.56. The second-order valence-electron chi connectivity index (χ2n) is 5.65. The molecule has 116 valence electrons. The van der Waals surface area contributed by atoms with Crippen LogP contribution in [0.25, 0.3) is 0 Å². The normalized spacial score (nSPS) is 22.2. The first-order valence-electron chi connectivity index (χ1n) is 7.36. The van der Waals surface area contributed by atoms with Gasteiger partial charge in [0.25, 0.3) is 5.69 Å². The molecule has 2 rings (SSSR count). The van der Waals surface area contributed by atoms with Crippen molar-refractivity contribution in [1.29, 1.82) is 0 Å². The molecule has 1 aliphatic carbocycles. The molecule has 6 heteroatoms. The van der Waals surface area contributed by atoms with Gasteiger partial charge in [-0.1, -0.05) is 24.4 Å². The molecule has 0 spiro atoms. The van der Waals surface area contributed by atoms with Crippen molar-refractivity contribution in [2.45, 2.75) is 32.2 Å². The number of aliphatic hydroxyl groups is 1. The Bertz CT molecular complexity index is 496.